The largest absolute Gasteiger partial charge is 0.489 e. The summed E-state index contributed by atoms with van der Waals surface area (Å²) in [5, 5.41) is 0. The number of rotatable bonds is 5. The van der Waals surface area contributed by atoms with Gasteiger partial charge < -0.3 is 4.74 Å². The number of amides is 1. The van der Waals surface area contributed by atoms with Crippen molar-refractivity contribution in [2.45, 2.75) is 52.1 Å². The molecule has 0 radical (unpaired) electrons. The van der Waals surface area contributed by atoms with Crippen LogP contribution in [0.2, 0.25) is 0 Å². The minimum Gasteiger partial charge on any atom is -0.489 e. The molecule has 1 heterocycles. The average Bonchev–Trinajstić information content (AvgIpc) is 2.83. The molecule has 0 N–H and O–H groups in total. The zero-order chi connectivity index (χ0) is 23.7. The molecule has 0 bridgehead atoms. The van der Waals surface area contributed by atoms with Gasteiger partial charge in [0.05, 0.1) is 0 Å². The molecule has 172 valence electrons. The Balaban J connectivity index is 1.45. The van der Waals surface area contributed by atoms with Gasteiger partial charge in [-0.2, -0.15) is 0 Å². The molecule has 1 amide bonds. The normalized spacial score (nSPS) is 18.2. The Morgan fingerprint density at radius 3 is 2.29 bits per heavy atom. The molecule has 2 aliphatic rings. The van der Waals surface area contributed by atoms with Crippen LogP contribution >= 0.6 is 0 Å². The van der Waals surface area contributed by atoms with Crippen LogP contribution in [0, 0.1) is 13.8 Å². The van der Waals surface area contributed by atoms with E-state index in [4.69, 9.17) is 4.74 Å². The molecule has 1 atom stereocenters. The van der Waals surface area contributed by atoms with Gasteiger partial charge in [-0.3, -0.25) is 14.5 Å². The molecule has 3 aromatic carbocycles. The first-order chi connectivity index (χ1) is 16.5. The second-order valence-electron chi connectivity index (χ2n) is 9.31. The SMILES string of the molecule is Cc1cc(C)cc(N2C(=O)CC(c3ccc(OCc4ccccc4)cc3)C3=C2CCCC3=O)c1. The molecule has 1 aliphatic carbocycles. The van der Waals surface area contributed by atoms with Gasteiger partial charge in [-0.15, -0.1) is 0 Å². The Morgan fingerprint density at radius 2 is 1.59 bits per heavy atom. The summed E-state index contributed by atoms with van der Waals surface area (Å²) in [5.41, 5.74) is 6.88. The summed E-state index contributed by atoms with van der Waals surface area (Å²) >= 11 is 0. The quantitative estimate of drug-likeness (QED) is 0.450. The third-order valence-electron chi connectivity index (χ3n) is 6.67. The van der Waals surface area contributed by atoms with Crippen LogP contribution in [-0.2, 0) is 16.2 Å². The molecule has 0 aromatic heterocycles. The number of ketones is 1. The maximum Gasteiger partial charge on any atom is 0.232 e. The van der Waals surface area contributed by atoms with Crippen molar-refractivity contribution in [1.29, 1.82) is 0 Å². The standard InChI is InChI=1S/C30H29NO3/c1-20-15-21(2)17-24(16-20)31-27-9-6-10-28(32)30(27)26(18-29(31)33)23-11-13-25(14-12-23)34-19-22-7-4-3-5-8-22/h3-5,7-8,11-17,26H,6,9-10,18-19H2,1-2H3. The summed E-state index contributed by atoms with van der Waals surface area (Å²) in [7, 11) is 0. The minimum absolute atomic E-state index is 0.0489. The highest BCUT2D eigenvalue weighted by Crippen LogP contribution is 2.43. The lowest BCUT2D eigenvalue weighted by Crippen LogP contribution is -2.40. The van der Waals surface area contributed by atoms with Crippen LogP contribution in [0.3, 0.4) is 0 Å². The number of allylic oxidation sites excluding steroid dienone is 2. The molecule has 34 heavy (non-hydrogen) atoms. The Morgan fingerprint density at radius 1 is 0.882 bits per heavy atom. The average molecular weight is 452 g/mol. The van der Waals surface area contributed by atoms with E-state index in [0.29, 0.717) is 19.4 Å². The van der Waals surface area contributed by atoms with Crippen LogP contribution < -0.4 is 9.64 Å². The van der Waals surface area contributed by atoms with Crippen molar-refractivity contribution in [2.75, 3.05) is 4.90 Å². The van der Waals surface area contributed by atoms with Crippen LogP contribution in [0.15, 0.2) is 84.1 Å². The topological polar surface area (TPSA) is 46.6 Å². The lowest BCUT2D eigenvalue weighted by atomic mass is 9.77. The van der Waals surface area contributed by atoms with Gasteiger partial charge in [-0.1, -0.05) is 48.5 Å². The maximum absolute atomic E-state index is 13.4. The second kappa shape index (κ2) is 9.30. The number of nitrogens with zero attached hydrogens (tertiary/aromatic N) is 1. The first-order valence-electron chi connectivity index (χ1n) is 11.9. The van der Waals surface area contributed by atoms with E-state index >= 15 is 0 Å². The van der Waals surface area contributed by atoms with Crippen molar-refractivity contribution in [3.05, 3.63) is 106 Å². The summed E-state index contributed by atoms with van der Waals surface area (Å²) in [6, 6.07) is 24.1. The lowest BCUT2D eigenvalue weighted by molar-refractivity contribution is -0.119. The van der Waals surface area contributed by atoms with E-state index in [1.54, 1.807) is 4.90 Å². The summed E-state index contributed by atoms with van der Waals surface area (Å²) in [6.07, 6.45) is 2.37. The Bertz CT molecular complexity index is 1240. The fraction of sp³-hybridized carbons (Fsp3) is 0.267. The van der Waals surface area contributed by atoms with Crippen LogP contribution in [0.25, 0.3) is 0 Å². The van der Waals surface area contributed by atoms with E-state index in [2.05, 4.69) is 6.07 Å². The number of hydrogen-bond donors (Lipinski definition) is 0. The van der Waals surface area contributed by atoms with Crippen LogP contribution in [0.4, 0.5) is 5.69 Å². The van der Waals surface area contributed by atoms with Crippen molar-refractivity contribution in [2.24, 2.45) is 0 Å². The molecule has 0 saturated heterocycles. The third-order valence-corrected chi connectivity index (χ3v) is 6.67. The minimum atomic E-state index is -0.208. The highest BCUT2D eigenvalue weighted by Gasteiger charge is 2.39. The van der Waals surface area contributed by atoms with Gasteiger partial charge in [0.2, 0.25) is 5.91 Å². The van der Waals surface area contributed by atoms with Gasteiger partial charge in [0.15, 0.2) is 5.78 Å². The monoisotopic (exact) mass is 451 g/mol. The van der Waals surface area contributed by atoms with Crippen LogP contribution in [0.5, 0.6) is 5.75 Å². The van der Waals surface area contributed by atoms with Gasteiger partial charge in [0, 0.05) is 35.7 Å². The molecule has 1 aliphatic heterocycles. The third kappa shape index (κ3) is 4.41. The van der Waals surface area contributed by atoms with Gasteiger partial charge in [0.1, 0.15) is 12.4 Å². The summed E-state index contributed by atoms with van der Waals surface area (Å²) in [6.45, 7) is 4.58. The smallest absolute Gasteiger partial charge is 0.232 e. The molecule has 4 nitrogen and oxygen atoms in total. The summed E-state index contributed by atoms with van der Waals surface area (Å²) < 4.78 is 5.93. The van der Waals surface area contributed by atoms with Crippen molar-refractivity contribution in [1.82, 2.24) is 0 Å². The van der Waals surface area contributed by atoms with Gasteiger partial charge in [-0.25, -0.2) is 0 Å². The number of benzene rings is 3. The van der Waals surface area contributed by atoms with E-state index in [1.165, 1.54) is 0 Å². The zero-order valence-corrected chi connectivity index (χ0v) is 19.7. The van der Waals surface area contributed by atoms with E-state index in [1.807, 2.05) is 80.6 Å². The van der Waals surface area contributed by atoms with E-state index < -0.39 is 0 Å². The highest BCUT2D eigenvalue weighted by atomic mass is 16.5. The maximum atomic E-state index is 13.4. The number of anilines is 1. The second-order valence-corrected chi connectivity index (χ2v) is 9.31. The van der Waals surface area contributed by atoms with Crippen molar-refractivity contribution < 1.29 is 14.3 Å². The number of aryl methyl sites for hydroxylation is 2. The van der Waals surface area contributed by atoms with Gasteiger partial charge >= 0.3 is 0 Å². The highest BCUT2D eigenvalue weighted by molar-refractivity contribution is 6.07. The van der Waals surface area contributed by atoms with E-state index in [9.17, 15) is 9.59 Å². The number of hydrogen-bond acceptors (Lipinski definition) is 3. The zero-order valence-electron chi connectivity index (χ0n) is 19.7. The first kappa shape index (κ1) is 22.1. The molecule has 4 heteroatoms. The molecule has 0 saturated carbocycles. The molecule has 5 rings (SSSR count). The van der Waals surface area contributed by atoms with Crippen molar-refractivity contribution in [3.63, 3.8) is 0 Å². The van der Waals surface area contributed by atoms with Crippen LogP contribution in [0.1, 0.15) is 53.9 Å². The fourth-order valence-corrected chi connectivity index (χ4v) is 5.19. The summed E-state index contributed by atoms with van der Waals surface area (Å²) in [5.74, 6) is 0.779. The first-order valence-corrected chi connectivity index (χ1v) is 11.9. The predicted octanol–water partition coefficient (Wildman–Crippen LogP) is 6.41. The predicted molar refractivity (Wildman–Crippen MR) is 134 cm³/mol. The van der Waals surface area contributed by atoms with Gasteiger partial charge in [-0.05, 0) is 73.2 Å². The van der Waals surface area contributed by atoms with Crippen LogP contribution in [-0.4, -0.2) is 11.7 Å². The molecule has 1 unspecified atom stereocenters. The number of carbonyl (C=O) groups is 2. The van der Waals surface area contributed by atoms with Crippen molar-refractivity contribution >= 4 is 17.4 Å². The van der Waals surface area contributed by atoms with E-state index in [0.717, 1.165) is 57.8 Å². The molecule has 0 spiro atoms. The Labute approximate surface area is 200 Å². The fourth-order valence-electron chi connectivity index (χ4n) is 5.19. The number of carbonyl (C=O) groups excluding carboxylic acids is 2. The number of ether oxygens (including phenoxy) is 1. The molecular weight excluding hydrogens is 422 g/mol. The van der Waals surface area contributed by atoms with Gasteiger partial charge in [0.25, 0.3) is 0 Å². The number of Topliss-reactive ketones (excluding diaryl/α,β-unsaturated/α-hetero) is 1. The Hall–Kier alpha value is -3.66. The molecule has 3 aromatic rings. The lowest BCUT2D eigenvalue weighted by Gasteiger charge is -2.38. The summed E-state index contributed by atoms with van der Waals surface area (Å²) in [4.78, 5) is 28.4. The Kier molecular flexibility index (Phi) is 6.06. The molecular formula is C30H29NO3. The van der Waals surface area contributed by atoms with E-state index in [-0.39, 0.29) is 17.6 Å². The molecule has 0 fully saturated rings. The van der Waals surface area contributed by atoms with Crippen molar-refractivity contribution in [3.8, 4) is 5.75 Å².